The molecule has 0 amide bonds. The standard InChI is InChI=1S/C24H46O6/c1-8-13-15-20(10-3)22(25)28-27-19(6)17-18-24(7,12-5)30-29-23(26)21(11-4)16-14-9-2/h19-21H,8-18H2,1-7H3. The van der Waals surface area contributed by atoms with Crippen molar-refractivity contribution in [3.05, 3.63) is 0 Å². The molecular formula is C24H46O6. The summed E-state index contributed by atoms with van der Waals surface area (Å²) < 4.78 is 0. The van der Waals surface area contributed by atoms with Gasteiger partial charge in [0.2, 0.25) is 0 Å². The molecule has 0 aliphatic carbocycles. The lowest BCUT2D eigenvalue weighted by molar-refractivity contribution is -0.338. The average molecular weight is 431 g/mol. The summed E-state index contributed by atoms with van der Waals surface area (Å²) >= 11 is 0. The first-order chi connectivity index (χ1) is 14.3. The quantitative estimate of drug-likeness (QED) is 0.178. The first kappa shape index (κ1) is 28.9. The van der Waals surface area contributed by atoms with Crippen LogP contribution in [-0.2, 0) is 29.1 Å². The van der Waals surface area contributed by atoms with Gasteiger partial charge in [0.25, 0.3) is 0 Å². The molecule has 0 radical (unpaired) electrons. The van der Waals surface area contributed by atoms with Crippen LogP contribution in [0.25, 0.3) is 0 Å². The summed E-state index contributed by atoms with van der Waals surface area (Å²) in [5.74, 6) is -0.813. The number of hydrogen-bond donors (Lipinski definition) is 0. The highest BCUT2D eigenvalue weighted by atomic mass is 17.2. The molecule has 0 heterocycles. The SMILES string of the molecule is CCCCC(CC)C(=O)OOC(C)CCC(C)(CC)OOC(=O)C(CC)CCCC. The summed E-state index contributed by atoms with van der Waals surface area (Å²) in [6, 6.07) is 0. The van der Waals surface area contributed by atoms with E-state index in [-0.39, 0.29) is 29.9 Å². The Morgan fingerprint density at radius 3 is 1.73 bits per heavy atom. The van der Waals surface area contributed by atoms with Gasteiger partial charge in [-0.1, -0.05) is 60.3 Å². The zero-order chi connectivity index (χ0) is 23.0. The van der Waals surface area contributed by atoms with E-state index in [9.17, 15) is 9.59 Å². The fourth-order valence-corrected chi connectivity index (χ4v) is 3.12. The Balaban J connectivity index is 4.43. The van der Waals surface area contributed by atoms with Crippen molar-refractivity contribution < 1.29 is 29.1 Å². The van der Waals surface area contributed by atoms with Crippen molar-refractivity contribution in [1.29, 1.82) is 0 Å². The van der Waals surface area contributed by atoms with E-state index in [0.29, 0.717) is 19.3 Å². The van der Waals surface area contributed by atoms with Gasteiger partial charge in [0, 0.05) is 0 Å². The van der Waals surface area contributed by atoms with Crippen molar-refractivity contribution in [2.24, 2.45) is 11.8 Å². The molecule has 0 aliphatic rings. The highest BCUT2D eigenvalue weighted by Gasteiger charge is 2.29. The van der Waals surface area contributed by atoms with Crippen LogP contribution in [0.15, 0.2) is 0 Å². The molecule has 0 spiro atoms. The molecule has 0 bridgehead atoms. The molecular weight excluding hydrogens is 384 g/mol. The molecule has 0 fully saturated rings. The van der Waals surface area contributed by atoms with E-state index in [2.05, 4.69) is 13.8 Å². The van der Waals surface area contributed by atoms with Crippen LogP contribution >= 0.6 is 0 Å². The van der Waals surface area contributed by atoms with Gasteiger partial charge in [-0.2, -0.15) is 9.78 Å². The van der Waals surface area contributed by atoms with E-state index in [1.54, 1.807) is 0 Å². The van der Waals surface area contributed by atoms with E-state index < -0.39 is 5.60 Å². The van der Waals surface area contributed by atoms with Crippen molar-refractivity contribution in [3.8, 4) is 0 Å². The number of rotatable bonds is 18. The highest BCUT2D eigenvalue weighted by Crippen LogP contribution is 2.25. The number of carbonyl (C=O) groups is 2. The van der Waals surface area contributed by atoms with Crippen molar-refractivity contribution in [1.82, 2.24) is 0 Å². The third-order valence-electron chi connectivity index (χ3n) is 5.91. The molecule has 30 heavy (non-hydrogen) atoms. The topological polar surface area (TPSA) is 71.1 Å². The van der Waals surface area contributed by atoms with Crippen LogP contribution in [0.5, 0.6) is 0 Å². The molecule has 4 unspecified atom stereocenters. The molecule has 0 rings (SSSR count). The van der Waals surface area contributed by atoms with Gasteiger partial charge in [0.1, 0.15) is 11.7 Å². The van der Waals surface area contributed by atoms with Gasteiger partial charge in [0.15, 0.2) is 0 Å². The molecule has 6 nitrogen and oxygen atoms in total. The smallest absolute Gasteiger partial charge is 0.298 e. The van der Waals surface area contributed by atoms with Gasteiger partial charge in [0.05, 0.1) is 11.8 Å². The lowest BCUT2D eigenvalue weighted by Gasteiger charge is -2.28. The van der Waals surface area contributed by atoms with Crippen LogP contribution in [0.1, 0.15) is 119 Å². The molecule has 0 aromatic rings. The van der Waals surface area contributed by atoms with E-state index in [0.717, 1.165) is 51.4 Å². The van der Waals surface area contributed by atoms with Gasteiger partial charge < -0.3 is 0 Å². The average Bonchev–Trinajstić information content (AvgIpc) is 2.75. The summed E-state index contributed by atoms with van der Waals surface area (Å²) in [6.07, 6.45) is 8.93. The minimum Gasteiger partial charge on any atom is -0.298 e. The third kappa shape index (κ3) is 11.9. The molecule has 4 atom stereocenters. The molecule has 6 heteroatoms. The molecule has 178 valence electrons. The predicted octanol–water partition coefficient (Wildman–Crippen LogP) is 6.71. The first-order valence-corrected chi connectivity index (χ1v) is 12.0. The van der Waals surface area contributed by atoms with Crippen LogP contribution < -0.4 is 0 Å². The summed E-state index contributed by atoms with van der Waals surface area (Å²) in [5, 5.41) is 0. The zero-order valence-corrected chi connectivity index (χ0v) is 20.5. The number of carbonyl (C=O) groups excluding carboxylic acids is 2. The largest absolute Gasteiger partial charge is 0.345 e. The van der Waals surface area contributed by atoms with Crippen LogP contribution in [0.2, 0.25) is 0 Å². The Kier molecular flexibility index (Phi) is 15.9. The number of unbranched alkanes of at least 4 members (excludes halogenated alkanes) is 2. The summed E-state index contributed by atoms with van der Waals surface area (Å²) in [4.78, 5) is 45.6. The Bertz CT molecular complexity index is 467. The van der Waals surface area contributed by atoms with E-state index in [4.69, 9.17) is 19.6 Å². The maximum absolute atomic E-state index is 12.3. The van der Waals surface area contributed by atoms with Crippen LogP contribution in [0, 0.1) is 11.8 Å². The predicted molar refractivity (Wildman–Crippen MR) is 118 cm³/mol. The maximum Gasteiger partial charge on any atom is 0.345 e. The normalized spacial score (nSPS) is 16.4. The van der Waals surface area contributed by atoms with Crippen molar-refractivity contribution in [2.45, 2.75) is 131 Å². The Hall–Kier alpha value is -1.14. The zero-order valence-electron chi connectivity index (χ0n) is 20.5. The lowest BCUT2D eigenvalue weighted by Crippen LogP contribution is -2.32. The van der Waals surface area contributed by atoms with E-state index >= 15 is 0 Å². The maximum atomic E-state index is 12.3. The van der Waals surface area contributed by atoms with Crippen LogP contribution in [0.3, 0.4) is 0 Å². The van der Waals surface area contributed by atoms with Gasteiger partial charge in [-0.15, -0.1) is 0 Å². The van der Waals surface area contributed by atoms with Gasteiger partial charge in [-0.05, 0) is 58.8 Å². The van der Waals surface area contributed by atoms with Crippen LogP contribution in [0.4, 0.5) is 0 Å². The van der Waals surface area contributed by atoms with Crippen molar-refractivity contribution in [2.75, 3.05) is 0 Å². The summed E-state index contributed by atoms with van der Waals surface area (Å²) in [6.45, 7) is 14.0. The van der Waals surface area contributed by atoms with Crippen LogP contribution in [-0.4, -0.2) is 23.6 Å². The van der Waals surface area contributed by atoms with E-state index in [1.165, 1.54) is 0 Å². The second-order valence-electron chi connectivity index (χ2n) is 8.63. The second kappa shape index (κ2) is 16.5. The van der Waals surface area contributed by atoms with Crippen molar-refractivity contribution in [3.63, 3.8) is 0 Å². The van der Waals surface area contributed by atoms with Gasteiger partial charge >= 0.3 is 11.9 Å². The Labute approximate surface area is 184 Å². The third-order valence-corrected chi connectivity index (χ3v) is 5.91. The Morgan fingerprint density at radius 2 is 1.30 bits per heavy atom. The van der Waals surface area contributed by atoms with Crippen molar-refractivity contribution >= 4 is 11.9 Å². The lowest BCUT2D eigenvalue weighted by atomic mass is 9.95. The minimum absolute atomic E-state index is 0.111. The first-order valence-electron chi connectivity index (χ1n) is 12.0. The minimum atomic E-state index is -0.604. The fourth-order valence-electron chi connectivity index (χ4n) is 3.12. The van der Waals surface area contributed by atoms with E-state index in [1.807, 2.05) is 34.6 Å². The van der Waals surface area contributed by atoms with Gasteiger partial charge in [-0.3, -0.25) is 9.78 Å². The summed E-state index contributed by atoms with van der Waals surface area (Å²) in [7, 11) is 0. The highest BCUT2D eigenvalue weighted by molar-refractivity contribution is 5.72. The Morgan fingerprint density at radius 1 is 0.800 bits per heavy atom. The number of hydrogen-bond acceptors (Lipinski definition) is 6. The second-order valence-corrected chi connectivity index (χ2v) is 8.63. The fraction of sp³-hybridized carbons (Fsp3) is 0.917. The van der Waals surface area contributed by atoms with Gasteiger partial charge in [-0.25, -0.2) is 9.59 Å². The monoisotopic (exact) mass is 430 g/mol. The molecule has 0 saturated carbocycles. The molecule has 0 N–H and O–H groups in total. The summed E-state index contributed by atoms with van der Waals surface area (Å²) in [5.41, 5.74) is -0.604. The molecule has 0 aromatic carbocycles. The molecule has 0 saturated heterocycles. The molecule has 0 aromatic heterocycles. The molecule has 0 aliphatic heterocycles.